The van der Waals surface area contributed by atoms with Crippen molar-refractivity contribution in [2.45, 2.75) is 97.2 Å². The van der Waals surface area contributed by atoms with E-state index in [0.29, 0.717) is 12.8 Å². The first-order valence-electron chi connectivity index (χ1n) is 12.1. The van der Waals surface area contributed by atoms with Gasteiger partial charge in [0.1, 0.15) is 18.3 Å². The number of ether oxygens (including phenoxy) is 2. The lowest BCUT2D eigenvalue weighted by Crippen LogP contribution is -2.61. The molecule has 8 atom stereocenters. The quantitative estimate of drug-likeness (QED) is 0.628. The molecule has 0 aromatic carbocycles. The van der Waals surface area contributed by atoms with Crippen molar-refractivity contribution in [3.8, 4) is 0 Å². The fraction of sp³-hybridized carbons (Fsp3) is 0.880. The standard InChI is InChI=1S/C25H38O7/c1-15(26)32-20-16-6-7-18-23(3,9-5-10-24(18,4)21(28)29)17(16)8-11-22(20,2)13-25(30)12-19(27)31-14-25/h16-18,20,30H,5-14H2,1-4H3,(H,28,29)/t16-,17+,18-,20+,22-,23-,24-,25?/m1/s1. The molecule has 2 N–H and O–H groups in total. The van der Waals surface area contributed by atoms with Crippen LogP contribution < -0.4 is 0 Å². The highest BCUT2D eigenvalue weighted by molar-refractivity contribution is 5.75. The monoisotopic (exact) mass is 450 g/mol. The van der Waals surface area contributed by atoms with Gasteiger partial charge in [0.2, 0.25) is 0 Å². The smallest absolute Gasteiger partial charge is 0.309 e. The maximum absolute atomic E-state index is 12.3. The van der Waals surface area contributed by atoms with E-state index in [9.17, 15) is 24.6 Å². The molecule has 0 spiro atoms. The first kappa shape index (κ1) is 23.5. The van der Waals surface area contributed by atoms with Gasteiger partial charge < -0.3 is 19.7 Å². The molecule has 1 saturated heterocycles. The van der Waals surface area contributed by atoms with Gasteiger partial charge in [0.25, 0.3) is 0 Å². The lowest BCUT2D eigenvalue weighted by molar-refractivity contribution is -0.206. The summed E-state index contributed by atoms with van der Waals surface area (Å²) in [6.45, 7) is 7.66. The molecular weight excluding hydrogens is 412 g/mol. The highest BCUT2D eigenvalue weighted by atomic mass is 16.6. The molecular formula is C25H38O7. The minimum Gasteiger partial charge on any atom is -0.481 e. The molecule has 4 aliphatic rings. The Labute approximate surface area is 190 Å². The molecule has 1 aliphatic heterocycles. The Bertz CT molecular complexity index is 810. The van der Waals surface area contributed by atoms with Gasteiger partial charge in [-0.15, -0.1) is 0 Å². The van der Waals surface area contributed by atoms with Crippen LogP contribution in [-0.4, -0.2) is 46.4 Å². The number of carbonyl (C=O) groups is 3. The topological polar surface area (TPSA) is 110 Å². The lowest BCUT2D eigenvalue weighted by Gasteiger charge is -2.63. The number of carboxylic acid groups (broad SMARTS) is 1. The molecule has 7 nitrogen and oxygen atoms in total. The number of aliphatic hydroxyl groups is 1. The third kappa shape index (κ3) is 3.64. The fourth-order valence-electron chi connectivity index (χ4n) is 8.41. The van der Waals surface area contributed by atoms with Gasteiger partial charge in [-0.25, -0.2) is 0 Å². The third-order valence-corrected chi connectivity index (χ3v) is 9.72. The summed E-state index contributed by atoms with van der Waals surface area (Å²) in [5, 5.41) is 21.1. The molecule has 4 rings (SSSR count). The van der Waals surface area contributed by atoms with Crippen LogP contribution in [0, 0.1) is 34.0 Å². The number of carbonyl (C=O) groups excluding carboxylic acids is 2. The Morgan fingerprint density at radius 2 is 1.84 bits per heavy atom. The van der Waals surface area contributed by atoms with Crippen molar-refractivity contribution in [2.75, 3.05) is 6.61 Å². The number of aliphatic carboxylic acids is 1. The Kier molecular flexibility index (Phi) is 5.67. The van der Waals surface area contributed by atoms with E-state index in [0.717, 1.165) is 38.5 Å². The number of cyclic esters (lactones) is 1. The summed E-state index contributed by atoms with van der Waals surface area (Å²) >= 11 is 0. The molecule has 180 valence electrons. The van der Waals surface area contributed by atoms with Gasteiger partial charge in [0.15, 0.2) is 0 Å². The molecule has 3 aliphatic carbocycles. The first-order valence-corrected chi connectivity index (χ1v) is 12.1. The highest BCUT2D eigenvalue weighted by Gasteiger charge is 2.63. The zero-order chi connectivity index (χ0) is 23.5. The van der Waals surface area contributed by atoms with E-state index in [-0.39, 0.29) is 48.3 Å². The van der Waals surface area contributed by atoms with Crippen LogP contribution in [0.2, 0.25) is 0 Å². The Hall–Kier alpha value is -1.63. The number of carboxylic acids is 1. The second kappa shape index (κ2) is 7.71. The normalized spacial score (nSPS) is 48.3. The van der Waals surface area contributed by atoms with Gasteiger partial charge in [0, 0.05) is 12.3 Å². The minimum atomic E-state index is -1.23. The summed E-state index contributed by atoms with van der Waals surface area (Å²) < 4.78 is 11.0. The largest absolute Gasteiger partial charge is 0.481 e. The summed E-state index contributed by atoms with van der Waals surface area (Å²) in [6, 6.07) is 0. The van der Waals surface area contributed by atoms with E-state index < -0.39 is 28.4 Å². The predicted octanol–water partition coefficient (Wildman–Crippen LogP) is 3.71. The third-order valence-electron chi connectivity index (χ3n) is 9.72. The predicted molar refractivity (Wildman–Crippen MR) is 115 cm³/mol. The van der Waals surface area contributed by atoms with Gasteiger partial charge in [-0.1, -0.05) is 20.3 Å². The Morgan fingerprint density at radius 3 is 2.44 bits per heavy atom. The Balaban J connectivity index is 1.65. The maximum atomic E-state index is 12.3. The molecule has 1 unspecified atom stereocenters. The number of hydrogen-bond acceptors (Lipinski definition) is 6. The van der Waals surface area contributed by atoms with E-state index in [4.69, 9.17) is 9.47 Å². The van der Waals surface area contributed by atoms with Crippen LogP contribution in [0.25, 0.3) is 0 Å². The summed E-state index contributed by atoms with van der Waals surface area (Å²) in [5.74, 6) is -0.923. The average Bonchev–Trinajstić information content (AvgIpc) is 3.01. The number of rotatable bonds is 4. The fourth-order valence-corrected chi connectivity index (χ4v) is 8.41. The van der Waals surface area contributed by atoms with Crippen LogP contribution in [0.5, 0.6) is 0 Å². The van der Waals surface area contributed by atoms with E-state index in [2.05, 4.69) is 13.8 Å². The van der Waals surface area contributed by atoms with E-state index >= 15 is 0 Å². The second-order valence-electron chi connectivity index (χ2n) is 11.9. The maximum Gasteiger partial charge on any atom is 0.309 e. The second-order valence-corrected chi connectivity index (χ2v) is 11.9. The molecule has 32 heavy (non-hydrogen) atoms. The van der Waals surface area contributed by atoms with Crippen LogP contribution in [0.4, 0.5) is 0 Å². The number of fused-ring (bicyclic) bond motifs is 3. The van der Waals surface area contributed by atoms with Crippen molar-refractivity contribution in [3.63, 3.8) is 0 Å². The van der Waals surface area contributed by atoms with Crippen molar-refractivity contribution in [1.82, 2.24) is 0 Å². The molecule has 3 saturated carbocycles. The molecule has 0 aromatic heterocycles. The van der Waals surface area contributed by atoms with Crippen molar-refractivity contribution in [2.24, 2.45) is 34.0 Å². The van der Waals surface area contributed by atoms with Crippen molar-refractivity contribution in [3.05, 3.63) is 0 Å². The number of hydrogen-bond donors (Lipinski definition) is 2. The summed E-state index contributed by atoms with van der Waals surface area (Å²) in [7, 11) is 0. The summed E-state index contributed by atoms with van der Waals surface area (Å²) in [4.78, 5) is 36.1. The average molecular weight is 451 g/mol. The SMILES string of the molecule is CC(=O)O[C@H]1[C@@H]2CC[C@@H]3[C@](C)(CCC[C@@]3(C)C(=O)O)[C@H]2CC[C@]1(C)CC1(O)COC(=O)C1. The van der Waals surface area contributed by atoms with Gasteiger partial charge >= 0.3 is 17.9 Å². The van der Waals surface area contributed by atoms with Crippen LogP contribution in [-0.2, 0) is 23.9 Å². The van der Waals surface area contributed by atoms with Gasteiger partial charge in [-0.3, -0.25) is 14.4 Å². The lowest BCUT2D eigenvalue weighted by atomic mass is 9.42. The minimum absolute atomic E-state index is 0.0148. The van der Waals surface area contributed by atoms with Crippen LogP contribution in [0.1, 0.15) is 85.5 Å². The van der Waals surface area contributed by atoms with Crippen LogP contribution in [0.3, 0.4) is 0 Å². The van der Waals surface area contributed by atoms with Crippen molar-refractivity contribution < 1.29 is 34.1 Å². The Morgan fingerprint density at radius 1 is 1.12 bits per heavy atom. The zero-order valence-corrected chi connectivity index (χ0v) is 19.8. The van der Waals surface area contributed by atoms with Gasteiger partial charge in [-0.05, 0) is 75.0 Å². The number of esters is 2. The summed E-state index contributed by atoms with van der Waals surface area (Å²) in [6.07, 6.45) is 5.85. The van der Waals surface area contributed by atoms with Crippen molar-refractivity contribution in [1.29, 1.82) is 0 Å². The molecule has 0 aromatic rings. The van der Waals surface area contributed by atoms with Crippen molar-refractivity contribution >= 4 is 17.9 Å². The molecule has 0 radical (unpaired) electrons. The van der Waals surface area contributed by atoms with Gasteiger partial charge in [-0.2, -0.15) is 0 Å². The molecule has 0 amide bonds. The van der Waals surface area contributed by atoms with Crippen LogP contribution >= 0.6 is 0 Å². The summed E-state index contributed by atoms with van der Waals surface area (Å²) in [5.41, 5.74) is -2.53. The molecule has 1 heterocycles. The van der Waals surface area contributed by atoms with E-state index in [1.54, 1.807) is 0 Å². The molecule has 4 fully saturated rings. The molecule has 0 bridgehead atoms. The zero-order valence-electron chi connectivity index (χ0n) is 19.8. The van der Waals surface area contributed by atoms with Crippen LogP contribution in [0.15, 0.2) is 0 Å². The highest BCUT2D eigenvalue weighted by Crippen LogP contribution is 2.66. The first-order chi connectivity index (χ1) is 14.8. The molecule has 7 heteroatoms. The van der Waals surface area contributed by atoms with Gasteiger partial charge in [0.05, 0.1) is 11.8 Å². The van der Waals surface area contributed by atoms with E-state index in [1.807, 2.05) is 6.92 Å². The van der Waals surface area contributed by atoms with E-state index in [1.165, 1.54) is 6.92 Å².